The summed E-state index contributed by atoms with van der Waals surface area (Å²) in [7, 11) is 1.38. The van der Waals surface area contributed by atoms with Gasteiger partial charge in [0, 0.05) is 0 Å². The van der Waals surface area contributed by atoms with Crippen LogP contribution in [0, 0.1) is 5.92 Å². The van der Waals surface area contributed by atoms with E-state index < -0.39 is 17.5 Å². The minimum atomic E-state index is -1.02. The number of aliphatic hydroxyl groups is 1. The number of cyclic esters (lactones) is 1. The molecule has 4 rings (SSSR count). The van der Waals surface area contributed by atoms with Gasteiger partial charge in [0.05, 0.1) is 13.0 Å². The average Bonchev–Trinajstić information content (AvgIpc) is 2.82. The second-order valence-corrected chi connectivity index (χ2v) is 7.79. The van der Waals surface area contributed by atoms with E-state index in [4.69, 9.17) is 9.47 Å². The van der Waals surface area contributed by atoms with Gasteiger partial charge >= 0.3 is 5.97 Å². The lowest BCUT2D eigenvalue weighted by molar-refractivity contribution is -0.175. The predicted molar refractivity (Wildman–Crippen MR) is 119 cm³/mol. The van der Waals surface area contributed by atoms with E-state index in [0.29, 0.717) is 19.3 Å². The van der Waals surface area contributed by atoms with E-state index in [1.165, 1.54) is 7.11 Å². The molecule has 0 aromatic heterocycles. The van der Waals surface area contributed by atoms with Crippen LogP contribution in [0.25, 0.3) is 0 Å². The highest BCUT2D eigenvalue weighted by molar-refractivity contribution is 5.88. The molecule has 1 aliphatic heterocycles. The van der Waals surface area contributed by atoms with Crippen molar-refractivity contribution in [3.05, 3.63) is 119 Å². The summed E-state index contributed by atoms with van der Waals surface area (Å²) in [5.41, 5.74) is 2.04. The van der Waals surface area contributed by atoms with Crippen LogP contribution in [0.5, 0.6) is 0 Å². The van der Waals surface area contributed by atoms with E-state index >= 15 is 0 Å². The monoisotopic (exact) mass is 414 g/mol. The Bertz CT molecular complexity index is 1040. The molecule has 0 saturated heterocycles. The maximum atomic E-state index is 12.9. The number of hydrogen-bond acceptors (Lipinski definition) is 4. The molecule has 1 heterocycles. The first-order chi connectivity index (χ1) is 15.1. The van der Waals surface area contributed by atoms with Gasteiger partial charge in [-0.05, 0) is 36.0 Å². The van der Waals surface area contributed by atoms with Gasteiger partial charge in [0.1, 0.15) is 11.4 Å². The molecule has 0 radical (unpaired) electrons. The van der Waals surface area contributed by atoms with Gasteiger partial charge in [-0.2, -0.15) is 0 Å². The summed E-state index contributed by atoms with van der Waals surface area (Å²) >= 11 is 0. The first kappa shape index (κ1) is 20.7. The molecular formula is C27H26O4. The minimum Gasteiger partial charge on any atom is -0.508 e. The summed E-state index contributed by atoms with van der Waals surface area (Å²) < 4.78 is 11.4. The highest BCUT2D eigenvalue weighted by atomic mass is 16.6. The lowest BCUT2D eigenvalue weighted by Gasteiger charge is -2.43. The maximum Gasteiger partial charge on any atom is 0.378 e. The van der Waals surface area contributed by atoms with Crippen LogP contribution in [-0.2, 0) is 32.7 Å². The molecule has 0 spiro atoms. The highest BCUT2D eigenvalue weighted by Gasteiger charge is 2.51. The third kappa shape index (κ3) is 4.19. The zero-order valence-electron chi connectivity index (χ0n) is 17.5. The fourth-order valence-electron chi connectivity index (χ4n) is 4.39. The number of aliphatic hydroxyl groups excluding tert-OH is 1. The zero-order chi connectivity index (χ0) is 21.7. The van der Waals surface area contributed by atoms with Gasteiger partial charge in [0.2, 0.25) is 5.76 Å². The molecule has 0 bridgehead atoms. The van der Waals surface area contributed by atoms with Gasteiger partial charge in [0.15, 0.2) is 0 Å². The van der Waals surface area contributed by atoms with Crippen LogP contribution in [0.15, 0.2) is 103 Å². The fourth-order valence-corrected chi connectivity index (χ4v) is 4.39. The molecule has 0 amide bonds. The van der Waals surface area contributed by atoms with Gasteiger partial charge in [-0.15, -0.1) is 0 Å². The quantitative estimate of drug-likeness (QED) is 0.530. The summed E-state index contributed by atoms with van der Waals surface area (Å²) in [5, 5.41) is 11.2. The highest BCUT2D eigenvalue weighted by Crippen LogP contribution is 2.47. The van der Waals surface area contributed by atoms with Crippen molar-refractivity contribution in [3.63, 3.8) is 0 Å². The smallest absolute Gasteiger partial charge is 0.378 e. The molecule has 3 aromatic carbocycles. The van der Waals surface area contributed by atoms with E-state index in [2.05, 4.69) is 12.1 Å². The van der Waals surface area contributed by atoms with E-state index in [0.717, 1.165) is 16.7 Å². The van der Waals surface area contributed by atoms with Crippen molar-refractivity contribution in [2.45, 2.75) is 24.9 Å². The molecule has 0 aliphatic carbocycles. The van der Waals surface area contributed by atoms with Gasteiger partial charge in [-0.25, -0.2) is 4.79 Å². The van der Waals surface area contributed by atoms with Crippen LogP contribution in [0.3, 0.4) is 0 Å². The number of ether oxygens (including phenoxy) is 2. The summed E-state index contributed by atoms with van der Waals surface area (Å²) in [6.45, 7) is 0. The molecule has 2 unspecified atom stereocenters. The van der Waals surface area contributed by atoms with Gasteiger partial charge in [-0.1, -0.05) is 91.0 Å². The summed E-state index contributed by atoms with van der Waals surface area (Å²) in [6, 6.07) is 29.7. The van der Waals surface area contributed by atoms with E-state index in [1.807, 2.05) is 78.9 Å². The van der Waals surface area contributed by atoms with E-state index in [-0.39, 0.29) is 11.5 Å². The van der Waals surface area contributed by atoms with E-state index in [9.17, 15) is 9.90 Å². The fraction of sp³-hybridized carbons (Fsp3) is 0.222. The molecule has 4 nitrogen and oxygen atoms in total. The van der Waals surface area contributed by atoms with Crippen molar-refractivity contribution < 1.29 is 19.4 Å². The third-order valence-electron chi connectivity index (χ3n) is 5.96. The maximum absolute atomic E-state index is 12.9. The lowest BCUT2D eigenvalue weighted by atomic mass is 9.72. The summed E-state index contributed by atoms with van der Waals surface area (Å²) in [5.74, 6) is -1.29. The van der Waals surface area contributed by atoms with Crippen LogP contribution in [0.2, 0.25) is 0 Å². The Morgan fingerprint density at radius 1 is 0.871 bits per heavy atom. The average molecular weight is 415 g/mol. The number of aryl methyl sites for hydroxylation is 1. The third-order valence-corrected chi connectivity index (χ3v) is 5.96. The van der Waals surface area contributed by atoms with Crippen molar-refractivity contribution in [1.82, 2.24) is 0 Å². The molecule has 1 N–H and O–H groups in total. The van der Waals surface area contributed by atoms with Crippen molar-refractivity contribution in [1.29, 1.82) is 0 Å². The Labute approximate surface area is 182 Å². The SMILES string of the molecule is COC1=C(O)C(Cc2ccccc2)C(CCc2ccccc2)(c2ccccc2)OC1=O. The Hall–Kier alpha value is -3.53. The summed E-state index contributed by atoms with van der Waals surface area (Å²) in [4.78, 5) is 12.9. The Kier molecular flexibility index (Phi) is 6.08. The molecule has 4 heteroatoms. The van der Waals surface area contributed by atoms with Crippen molar-refractivity contribution >= 4 is 5.97 Å². The normalized spacial score (nSPS) is 20.9. The first-order valence-corrected chi connectivity index (χ1v) is 10.5. The van der Waals surface area contributed by atoms with Gasteiger partial charge < -0.3 is 14.6 Å². The standard InChI is InChI=1S/C27H26O4/c1-30-25-24(28)23(19-21-13-7-3-8-14-21)27(31-26(25)29,22-15-9-4-10-16-22)18-17-20-11-5-2-6-12-20/h2-16,23,28H,17-19H2,1H3. The molecule has 158 valence electrons. The van der Waals surface area contributed by atoms with Crippen LogP contribution >= 0.6 is 0 Å². The summed E-state index contributed by atoms with van der Waals surface area (Å²) in [6.07, 6.45) is 1.74. The van der Waals surface area contributed by atoms with Crippen LogP contribution < -0.4 is 0 Å². The number of hydrogen-bond donors (Lipinski definition) is 1. The Morgan fingerprint density at radius 3 is 2.00 bits per heavy atom. The Morgan fingerprint density at radius 2 is 1.42 bits per heavy atom. The van der Waals surface area contributed by atoms with Gasteiger partial charge in [0.25, 0.3) is 0 Å². The Balaban J connectivity index is 1.82. The second-order valence-electron chi connectivity index (χ2n) is 7.79. The van der Waals surface area contributed by atoms with Crippen LogP contribution in [0.4, 0.5) is 0 Å². The van der Waals surface area contributed by atoms with Crippen molar-refractivity contribution in [2.75, 3.05) is 7.11 Å². The van der Waals surface area contributed by atoms with E-state index in [1.54, 1.807) is 0 Å². The van der Waals surface area contributed by atoms with Crippen molar-refractivity contribution in [2.24, 2.45) is 5.92 Å². The van der Waals surface area contributed by atoms with Crippen LogP contribution in [0.1, 0.15) is 23.1 Å². The number of carbonyl (C=O) groups is 1. The predicted octanol–water partition coefficient (Wildman–Crippen LogP) is 5.35. The molecule has 3 aromatic rings. The number of carbonyl (C=O) groups excluding carboxylic acids is 1. The van der Waals surface area contributed by atoms with Gasteiger partial charge in [-0.3, -0.25) is 0 Å². The molecule has 0 fully saturated rings. The minimum absolute atomic E-state index is 0.0560. The van der Waals surface area contributed by atoms with Crippen LogP contribution in [-0.4, -0.2) is 18.2 Å². The number of methoxy groups -OCH3 is 1. The number of benzene rings is 3. The molecule has 2 atom stereocenters. The molecule has 1 aliphatic rings. The number of rotatable bonds is 7. The first-order valence-electron chi connectivity index (χ1n) is 10.5. The molecular weight excluding hydrogens is 388 g/mol. The largest absolute Gasteiger partial charge is 0.508 e. The lowest BCUT2D eigenvalue weighted by Crippen LogP contribution is -2.47. The molecule has 31 heavy (non-hydrogen) atoms. The topological polar surface area (TPSA) is 55.8 Å². The van der Waals surface area contributed by atoms with Crippen molar-refractivity contribution in [3.8, 4) is 0 Å². The second kappa shape index (κ2) is 9.09. The zero-order valence-corrected chi connectivity index (χ0v) is 17.5. The number of esters is 1. The molecule has 0 saturated carbocycles.